The number of hydrogen-bond donors (Lipinski definition) is 2. The molecule has 0 spiro atoms. The first-order chi connectivity index (χ1) is 15.1. The lowest BCUT2D eigenvalue weighted by atomic mass is 10.1. The third-order valence-corrected chi connectivity index (χ3v) is 5.38. The van der Waals surface area contributed by atoms with Gasteiger partial charge in [-0.15, -0.1) is 0 Å². The molecule has 3 N–H and O–H groups in total. The number of nitrogens with two attached hydrogens (primary N) is 1. The fraction of sp³-hybridized carbons (Fsp3) is 0.167. The quantitative estimate of drug-likeness (QED) is 0.256. The van der Waals surface area contributed by atoms with Crippen LogP contribution >= 0.6 is 11.9 Å². The molecule has 0 atom stereocenters. The first kappa shape index (κ1) is 22.2. The molecule has 0 saturated heterocycles. The van der Waals surface area contributed by atoms with Crippen LogP contribution in [0.1, 0.15) is 11.1 Å². The van der Waals surface area contributed by atoms with E-state index in [0.717, 1.165) is 21.7 Å². The third kappa shape index (κ3) is 5.58. The van der Waals surface area contributed by atoms with Crippen LogP contribution in [0.5, 0.6) is 23.0 Å². The fourth-order valence-corrected chi connectivity index (χ4v) is 3.64. The summed E-state index contributed by atoms with van der Waals surface area (Å²) in [5.74, 6) is 2.50. The van der Waals surface area contributed by atoms with Gasteiger partial charge in [-0.1, -0.05) is 24.3 Å². The second-order valence-corrected chi connectivity index (χ2v) is 7.40. The van der Waals surface area contributed by atoms with Crippen LogP contribution in [0, 0.1) is 0 Å². The highest BCUT2D eigenvalue weighted by Gasteiger charge is 2.12. The van der Waals surface area contributed by atoms with E-state index in [0.29, 0.717) is 28.7 Å². The predicted molar refractivity (Wildman–Crippen MR) is 128 cm³/mol. The molecular weight excluding hydrogens is 412 g/mol. The number of benzene rings is 3. The van der Waals surface area contributed by atoms with E-state index < -0.39 is 0 Å². The molecule has 31 heavy (non-hydrogen) atoms. The van der Waals surface area contributed by atoms with E-state index in [1.54, 1.807) is 28.4 Å². The van der Waals surface area contributed by atoms with Gasteiger partial charge in [-0.3, -0.25) is 0 Å². The Morgan fingerprint density at radius 3 is 1.87 bits per heavy atom. The van der Waals surface area contributed by atoms with Crippen LogP contribution in [-0.4, -0.2) is 28.4 Å². The Hall–Kier alpha value is -3.45. The summed E-state index contributed by atoms with van der Waals surface area (Å²) in [6.07, 6.45) is 4.03. The minimum atomic E-state index is 0.577. The predicted octanol–water partition coefficient (Wildman–Crippen LogP) is 5.59. The third-order valence-electron chi connectivity index (χ3n) is 4.55. The number of nitrogen functional groups attached to an aromatic ring is 1. The second-order valence-electron chi connectivity index (χ2n) is 6.52. The van der Waals surface area contributed by atoms with E-state index in [4.69, 9.17) is 24.7 Å². The highest BCUT2D eigenvalue weighted by Crippen LogP contribution is 2.38. The average Bonchev–Trinajstić information content (AvgIpc) is 2.81. The number of hydrogen-bond acceptors (Lipinski definition) is 7. The van der Waals surface area contributed by atoms with Gasteiger partial charge in [0.05, 0.1) is 34.1 Å². The summed E-state index contributed by atoms with van der Waals surface area (Å²) in [5, 5.41) is 0. The van der Waals surface area contributed by atoms with E-state index in [1.807, 2.05) is 66.7 Å². The van der Waals surface area contributed by atoms with Crippen molar-refractivity contribution < 1.29 is 18.9 Å². The zero-order valence-corrected chi connectivity index (χ0v) is 18.8. The van der Waals surface area contributed by atoms with Crippen LogP contribution in [0.2, 0.25) is 0 Å². The van der Waals surface area contributed by atoms with Crippen molar-refractivity contribution in [1.29, 1.82) is 0 Å². The molecule has 3 aromatic carbocycles. The number of rotatable bonds is 9. The van der Waals surface area contributed by atoms with Gasteiger partial charge in [-0.05, 0) is 65.5 Å². The summed E-state index contributed by atoms with van der Waals surface area (Å²) in [5.41, 5.74) is 9.58. The van der Waals surface area contributed by atoms with Gasteiger partial charge in [-0.2, -0.15) is 0 Å². The van der Waals surface area contributed by atoms with E-state index in [1.165, 1.54) is 11.9 Å². The van der Waals surface area contributed by atoms with Crippen molar-refractivity contribution in [3.63, 3.8) is 0 Å². The summed E-state index contributed by atoms with van der Waals surface area (Å²) in [6.45, 7) is 0. The molecule has 7 heteroatoms. The van der Waals surface area contributed by atoms with Gasteiger partial charge in [0.25, 0.3) is 0 Å². The second kappa shape index (κ2) is 10.5. The Labute approximate surface area is 187 Å². The molecule has 3 aromatic rings. The lowest BCUT2D eigenvalue weighted by Gasteiger charge is -2.12. The summed E-state index contributed by atoms with van der Waals surface area (Å²) in [4.78, 5) is 1.00. The van der Waals surface area contributed by atoms with Crippen LogP contribution in [0.15, 0.2) is 59.5 Å². The molecule has 0 aromatic heterocycles. The highest BCUT2D eigenvalue weighted by molar-refractivity contribution is 8.00. The summed E-state index contributed by atoms with van der Waals surface area (Å²) in [6, 6.07) is 17.6. The maximum absolute atomic E-state index is 5.96. The monoisotopic (exact) mass is 438 g/mol. The van der Waals surface area contributed by atoms with Gasteiger partial charge < -0.3 is 29.4 Å². The number of methoxy groups -OCH3 is 4. The van der Waals surface area contributed by atoms with Crippen molar-refractivity contribution >= 4 is 35.5 Å². The van der Waals surface area contributed by atoms with Crippen molar-refractivity contribution in [3.8, 4) is 23.0 Å². The van der Waals surface area contributed by atoms with E-state index in [9.17, 15) is 0 Å². The molecule has 0 amide bonds. The van der Waals surface area contributed by atoms with Crippen molar-refractivity contribution in [3.05, 3.63) is 65.7 Å². The smallest absolute Gasteiger partial charge is 0.203 e. The lowest BCUT2D eigenvalue weighted by molar-refractivity contribution is 0.324. The number of nitrogens with one attached hydrogen (secondary N) is 1. The molecule has 0 aliphatic carbocycles. The van der Waals surface area contributed by atoms with E-state index in [-0.39, 0.29) is 0 Å². The summed E-state index contributed by atoms with van der Waals surface area (Å²) < 4.78 is 24.7. The summed E-state index contributed by atoms with van der Waals surface area (Å²) in [7, 11) is 6.41. The van der Waals surface area contributed by atoms with Crippen LogP contribution in [0.3, 0.4) is 0 Å². The Balaban J connectivity index is 1.66. The molecule has 0 unspecified atom stereocenters. The first-order valence-corrected chi connectivity index (χ1v) is 10.3. The Bertz CT molecular complexity index is 1030. The van der Waals surface area contributed by atoms with Crippen molar-refractivity contribution in [2.24, 2.45) is 0 Å². The van der Waals surface area contributed by atoms with Crippen LogP contribution in [0.4, 0.5) is 11.4 Å². The first-order valence-electron chi connectivity index (χ1n) is 9.52. The zero-order valence-electron chi connectivity index (χ0n) is 18.0. The molecule has 162 valence electrons. The van der Waals surface area contributed by atoms with Gasteiger partial charge in [0, 0.05) is 10.6 Å². The molecule has 0 bridgehead atoms. The molecule has 0 aliphatic rings. The molecule has 0 fully saturated rings. The van der Waals surface area contributed by atoms with Gasteiger partial charge in [0.15, 0.2) is 11.5 Å². The Morgan fingerprint density at radius 1 is 0.710 bits per heavy atom. The van der Waals surface area contributed by atoms with Crippen LogP contribution in [0.25, 0.3) is 12.2 Å². The van der Waals surface area contributed by atoms with Gasteiger partial charge in [0.1, 0.15) is 5.75 Å². The largest absolute Gasteiger partial charge is 0.495 e. The molecular formula is C24H26N2O4S. The Morgan fingerprint density at radius 2 is 1.32 bits per heavy atom. The Kier molecular flexibility index (Phi) is 7.56. The normalized spacial score (nSPS) is 10.7. The van der Waals surface area contributed by atoms with Crippen molar-refractivity contribution in [1.82, 2.24) is 0 Å². The lowest BCUT2D eigenvalue weighted by Crippen LogP contribution is -1.95. The van der Waals surface area contributed by atoms with Crippen molar-refractivity contribution in [2.45, 2.75) is 4.90 Å². The molecule has 3 rings (SSSR count). The van der Waals surface area contributed by atoms with Crippen LogP contribution in [-0.2, 0) is 0 Å². The molecule has 0 heterocycles. The molecule has 6 nitrogen and oxygen atoms in total. The van der Waals surface area contributed by atoms with Crippen LogP contribution < -0.4 is 29.4 Å². The number of anilines is 2. The SMILES string of the molecule is COc1ccc(SNc2ccc(/C=C\c3cc(OC)c(OC)c(OC)c3)cc2)cc1N. The minimum Gasteiger partial charge on any atom is -0.495 e. The number of ether oxygens (including phenoxy) is 4. The van der Waals surface area contributed by atoms with Gasteiger partial charge in [-0.25, -0.2) is 0 Å². The van der Waals surface area contributed by atoms with E-state index in [2.05, 4.69) is 4.72 Å². The minimum absolute atomic E-state index is 0.577. The highest BCUT2D eigenvalue weighted by atomic mass is 32.2. The molecule has 0 aliphatic heterocycles. The fourth-order valence-electron chi connectivity index (χ4n) is 2.95. The maximum atomic E-state index is 5.96. The van der Waals surface area contributed by atoms with Gasteiger partial charge >= 0.3 is 0 Å². The summed E-state index contributed by atoms with van der Waals surface area (Å²) >= 11 is 1.49. The topological polar surface area (TPSA) is 75.0 Å². The van der Waals surface area contributed by atoms with E-state index >= 15 is 0 Å². The average molecular weight is 439 g/mol. The zero-order chi connectivity index (χ0) is 22.2. The van der Waals surface area contributed by atoms with Crippen molar-refractivity contribution in [2.75, 3.05) is 38.9 Å². The van der Waals surface area contributed by atoms with Gasteiger partial charge in [0.2, 0.25) is 5.75 Å². The molecule has 0 saturated carbocycles. The maximum Gasteiger partial charge on any atom is 0.203 e. The standard InChI is InChI=1S/C24H26N2O4S/c1-27-21-12-11-19(15-20(21)25)31-26-18-9-7-16(8-10-18)5-6-17-13-22(28-2)24(30-4)23(14-17)29-3/h5-15,26H,25H2,1-4H3/b6-5-. The molecule has 0 radical (unpaired) electrons.